The first-order valence-corrected chi connectivity index (χ1v) is 9.23. The number of rotatable bonds is 6. The maximum absolute atomic E-state index is 12.5. The lowest BCUT2D eigenvalue weighted by molar-refractivity contribution is -0.150. The van der Waals surface area contributed by atoms with Crippen LogP contribution in [0, 0.1) is 0 Å². The van der Waals surface area contributed by atoms with E-state index in [1.54, 1.807) is 0 Å². The van der Waals surface area contributed by atoms with Crippen LogP contribution in [0.25, 0.3) is 0 Å². The Morgan fingerprint density at radius 1 is 1.52 bits per heavy atom. The van der Waals surface area contributed by atoms with Gasteiger partial charge in [-0.25, -0.2) is 4.79 Å². The van der Waals surface area contributed by atoms with Gasteiger partial charge in [0.1, 0.15) is 24.2 Å². The molecule has 0 aliphatic carbocycles. The van der Waals surface area contributed by atoms with Crippen LogP contribution >= 0.6 is 23.3 Å². The van der Waals surface area contributed by atoms with Crippen molar-refractivity contribution in [1.82, 2.24) is 19.6 Å². The molecule has 144 valence electrons. The summed E-state index contributed by atoms with van der Waals surface area (Å²) in [4.78, 5) is 45.9. The second-order valence-corrected chi connectivity index (χ2v) is 7.24. The first kappa shape index (κ1) is 19.1. The number of carboxylic acid groups (broad SMARTS) is 1. The minimum atomic E-state index is -1.31. The van der Waals surface area contributed by atoms with Crippen molar-refractivity contribution < 1.29 is 29.4 Å². The molecule has 3 heterocycles. The Morgan fingerprint density at radius 3 is 2.81 bits per heavy atom. The number of aliphatic carboxylic acids is 1. The van der Waals surface area contributed by atoms with Gasteiger partial charge in [0.05, 0.1) is 6.61 Å². The van der Waals surface area contributed by atoms with Crippen LogP contribution in [0.5, 0.6) is 0 Å². The van der Waals surface area contributed by atoms with E-state index in [0.717, 1.165) is 16.4 Å². The van der Waals surface area contributed by atoms with Gasteiger partial charge >= 0.3 is 5.97 Å². The highest BCUT2D eigenvalue weighted by Gasteiger charge is 2.54. The molecular weight excluding hydrogens is 400 g/mol. The normalized spacial score (nSPS) is 22.2. The molecular formula is C13H14N6O6S2. The number of carboxylic acids is 1. The standard InChI is InChI=1S/C13H14N6O6S2/c1-25-17-5(8-16-13(14)27-18-8)9(21)15-6-10(22)19-7(12(23)24)4(2-20)3-26-11(6)19/h6,11,20H,2-3H2,1H3,(H,15,21)(H,23,24)(H2,14,16,18)/t6-,11+/m1/s1. The number of carbonyl (C=O) groups excluding carboxylic acids is 2. The first-order valence-electron chi connectivity index (χ1n) is 7.41. The Bertz CT molecular complexity index is 867. The average molecular weight is 414 g/mol. The van der Waals surface area contributed by atoms with Crippen LogP contribution < -0.4 is 11.1 Å². The minimum Gasteiger partial charge on any atom is -0.477 e. The van der Waals surface area contributed by atoms with Gasteiger partial charge in [-0.3, -0.25) is 14.5 Å². The quantitative estimate of drug-likeness (QED) is 0.236. The second kappa shape index (κ2) is 7.50. The van der Waals surface area contributed by atoms with Crippen molar-refractivity contribution >= 4 is 51.9 Å². The molecule has 1 saturated heterocycles. The van der Waals surface area contributed by atoms with E-state index >= 15 is 0 Å². The highest BCUT2D eigenvalue weighted by molar-refractivity contribution is 8.00. The zero-order valence-corrected chi connectivity index (χ0v) is 15.4. The second-order valence-electron chi connectivity index (χ2n) is 5.36. The Kier molecular flexibility index (Phi) is 5.29. The Balaban J connectivity index is 1.79. The number of hydrogen-bond donors (Lipinski definition) is 4. The van der Waals surface area contributed by atoms with Crippen LogP contribution in [0.3, 0.4) is 0 Å². The van der Waals surface area contributed by atoms with E-state index in [9.17, 15) is 24.6 Å². The van der Waals surface area contributed by atoms with Crippen LogP contribution in [-0.2, 0) is 19.2 Å². The molecule has 14 heteroatoms. The van der Waals surface area contributed by atoms with Gasteiger partial charge < -0.3 is 26.1 Å². The molecule has 2 amide bonds. The zero-order valence-electron chi connectivity index (χ0n) is 13.8. The van der Waals surface area contributed by atoms with E-state index in [0.29, 0.717) is 0 Å². The number of amides is 2. The van der Waals surface area contributed by atoms with Gasteiger partial charge in [0.25, 0.3) is 11.8 Å². The van der Waals surface area contributed by atoms with E-state index < -0.39 is 35.8 Å². The van der Waals surface area contributed by atoms with Crippen LogP contribution in [0.15, 0.2) is 16.4 Å². The third-order valence-corrected chi connectivity index (χ3v) is 5.66. The number of aliphatic hydroxyl groups is 1. The summed E-state index contributed by atoms with van der Waals surface area (Å²) >= 11 is 2.10. The summed E-state index contributed by atoms with van der Waals surface area (Å²) in [5.74, 6) is -2.51. The molecule has 0 unspecified atom stereocenters. The van der Waals surface area contributed by atoms with Crippen molar-refractivity contribution in [3.05, 3.63) is 17.1 Å². The molecule has 2 aliphatic heterocycles. The average Bonchev–Trinajstić information content (AvgIpc) is 3.08. The number of nitrogens with zero attached hydrogens (tertiary/aromatic N) is 4. The summed E-state index contributed by atoms with van der Waals surface area (Å²) in [7, 11) is 1.23. The number of hydrogen-bond acceptors (Lipinski definition) is 11. The number of fused-ring (bicyclic) bond motifs is 1. The molecule has 0 spiro atoms. The number of nitrogen functional groups attached to an aromatic ring is 1. The largest absolute Gasteiger partial charge is 0.477 e. The third-order valence-electron chi connectivity index (χ3n) is 3.78. The summed E-state index contributed by atoms with van der Waals surface area (Å²) < 4.78 is 3.88. The van der Waals surface area contributed by atoms with Crippen LogP contribution in [0.1, 0.15) is 5.82 Å². The van der Waals surface area contributed by atoms with Gasteiger partial charge in [-0.1, -0.05) is 5.16 Å². The molecule has 0 bridgehead atoms. The molecule has 5 N–H and O–H groups in total. The highest BCUT2D eigenvalue weighted by Crippen LogP contribution is 2.40. The van der Waals surface area contributed by atoms with E-state index in [1.165, 1.54) is 18.9 Å². The molecule has 27 heavy (non-hydrogen) atoms. The lowest BCUT2D eigenvalue weighted by Crippen LogP contribution is -2.71. The summed E-state index contributed by atoms with van der Waals surface area (Å²) in [6, 6.07) is -0.963. The Hall–Kier alpha value is -2.71. The van der Waals surface area contributed by atoms with Gasteiger partial charge in [-0.2, -0.15) is 9.36 Å². The van der Waals surface area contributed by atoms with Crippen molar-refractivity contribution in [2.75, 3.05) is 25.2 Å². The summed E-state index contributed by atoms with van der Waals surface area (Å²) in [5.41, 5.74) is 5.23. The van der Waals surface area contributed by atoms with Crippen LogP contribution in [-0.4, -0.2) is 78.9 Å². The molecule has 1 aromatic heterocycles. The molecule has 2 aliphatic rings. The number of thioether (sulfide) groups is 1. The van der Waals surface area contributed by atoms with Gasteiger partial charge in [0.2, 0.25) is 11.5 Å². The number of nitrogens with two attached hydrogens (primary N) is 1. The van der Waals surface area contributed by atoms with Crippen molar-refractivity contribution in [3.63, 3.8) is 0 Å². The predicted molar refractivity (Wildman–Crippen MR) is 94.6 cm³/mol. The van der Waals surface area contributed by atoms with Crippen LogP contribution in [0.2, 0.25) is 0 Å². The summed E-state index contributed by atoms with van der Waals surface area (Å²) in [5, 5.41) is 24.2. The van der Waals surface area contributed by atoms with Gasteiger partial charge in [0, 0.05) is 17.3 Å². The molecule has 0 radical (unpaired) electrons. The summed E-state index contributed by atoms with van der Waals surface area (Å²) in [6.07, 6.45) is 0. The maximum Gasteiger partial charge on any atom is 0.352 e. The number of aromatic nitrogens is 2. The number of β-lactam (4-membered cyclic amide) rings is 1. The smallest absolute Gasteiger partial charge is 0.352 e. The minimum absolute atomic E-state index is 0.0505. The molecule has 1 aromatic rings. The summed E-state index contributed by atoms with van der Waals surface area (Å²) in [6.45, 7) is -0.469. The molecule has 3 rings (SSSR count). The monoisotopic (exact) mass is 414 g/mol. The molecule has 0 aromatic carbocycles. The van der Waals surface area contributed by atoms with E-state index in [4.69, 9.17) is 5.73 Å². The van der Waals surface area contributed by atoms with Crippen molar-refractivity contribution in [1.29, 1.82) is 0 Å². The number of carbonyl (C=O) groups is 3. The van der Waals surface area contributed by atoms with Crippen molar-refractivity contribution in [3.8, 4) is 0 Å². The van der Waals surface area contributed by atoms with Crippen LogP contribution in [0.4, 0.5) is 5.13 Å². The Morgan fingerprint density at radius 2 is 2.26 bits per heavy atom. The molecule has 0 saturated carbocycles. The number of oxime groups is 1. The van der Waals surface area contributed by atoms with Crippen molar-refractivity contribution in [2.45, 2.75) is 11.4 Å². The fourth-order valence-electron chi connectivity index (χ4n) is 2.62. The lowest BCUT2D eigenvalue weighted by Gasteiger charge is -2.49. The number of aliphatic hydroxyl groups excluding tert-OH is 1. The number of nitrogens with one attached hydrogen (secondary N) is 1. The fourth-order valence-corrected chi connectivity index (χ4v) is 4.39. The van der Waals surface area contributed by atoms with E-state index in [2.05, 4.69) is 24.7 Å². The Labute approximate surface area is 160 Å². The van der Waals surface area contributed by atoms with Gasteiger partial charge in [0.15, 0.2) is 5.13 Å². The molecule has 1 fully saturated rings. The highest BCUT2D eigenvalue weighted by atomic mass is 32.2. The van der Waals surface area contributed by atoms with Gasteiger partial charge in [-0.05, 0) is 5.57 Å². The lowest BCUT2D eigenvalue weighted by atomic mass is 10.0. The number of anilines is 1. The molecule has 12 nitrogen and oxygen atoms in total. The fraction of sp³-hybridized carbons (Fsp3) is 0.385. The maximum atomic E-state index is 12.5. The SMILES string of the molecule is CON=C(C(=O)N[C@@H]1C(=O)N2C(C(=O)O)=C(CO)CS[C@@H]12)c1nsc(N)n1. The zero-order chi connectivity index (χ0) is 19.7. The van der Waals surface area contributed by atoms with Crippen molar-refractivity contribution in [2.24, 2.45) is 5.16 Å². The van der Waals surface area contributed by atoms with E-state index in [-0.39, 0.29) is 33.7 Å². The van der Waals surface area contributed by atoms with E-state index in [1.807, 2.05) is 0 Å². The third kappa shape index (κ3) is 3.33. The van der Waals surface area contributed by atoms with Gasteiger partial charge in [-0.15, -0.1) is 11.8 Å². The predicted octanol–water partition coefficient (Wildman–Crippen LogP) is -1.80. The topological polar surface area (TPSA) is 180 Å². The molecule has 2 atom stereocenters. The first-order chi connectivity index (χ1) is 12.9.